The number of benzene rings is 1. The van der Waals surface area contributed by atoms with Crippen LogP contribution >= 0.6 is 23.2 Å². The summed E-state index contributed by atoms with van der Waals surface area (Å²) in [6.07, 6.45) is 1.46. The molecule has 0 spiro atoms. The molecule has 0 saturated carbocycles. The number of ether oxygens (including phenoxy) is 1. The van der Waals surface area contributed by atoms with Crippen molar-refractivity contribution in [3.05, 3.63) is 57.7 Å². The summed E-state index contributed by atoms with van der Waals surface area (Å²) in [6, 6.07) is 8.41. The third-order valence-electron chi connectivity index (χ3n) is 2.66. The number of halogens is 2. The van der Waals surface area contributed by atoms with Crippen molar-refractivity contribution in [1.82, 2.24) is 10.3 Å². The minimum absolute atomic E-state index is 0.230. The van der Waals surface area contributed by atoms with Gasteiger partial charge in [-0.3, -0.25) is 4.79 Å². The van der Waals surface area contributed by atoms with E-state index in [-0.39, 0.29) is 5.91 Å². The molecule has 0 saturated heterocycles. The van der Waals surface area contributed by atoms with Crippen LogP contribution in [0.5, 0.6) is 5.88 Å². The number of nitrogens with zero attached hydrogens (tertiary/aromatic N) is 1. The van der Waals surface area contributed by atoms with Gasteiger partial charge in [-0.05, 0) is 23.8 Å². The van der Waals surface area contributed by atoms with E-state index in [4.69, 9.17) is 27.9 Å². The first-order valence-corrected chi connectivity index (χ1v) is 6.58. The van der Waals surface area contributed by atoms with Crippen LogP contribution in [0.1, 0.15) is 15.9 Å². The molecule has 0 radical (unpaired) electrons. The molecule has 0 aliphatic rings. The zero-order chi connectivity index (χ0) is 14.5. The highest BCUT2D eigenvalue weighted by molar-refractivity contribution is 6.35. The average Bonchev–Trinajstić information content (AvgIpc) is 2.46. The summed E-state index contributed by atoms with van der Waals surface area (Å²) in [4.78, 5) is 15.9. The predicted octanol–water partition coefficient (Wildman–Crippen LogP) is 3.33. The van der Waals surface area contributed by atoms with E-state index in [1.165, 1.54) is 13.3 Å². The van der Waals surface area contributed by atoms with Gasteiger partial charge < -0.3 is 10.1 Å². The number of amides is 1. The second-order valence-electron chi connectivity index (χ2n) is 4.01. The van der Waals surface area contributed by atoms with Gasteiger partial charge in [-0.15, -0.1) is 0 Å². The van der Waals surface area contributed by atoms with Gasteiger partial charge >= 0.3 is 0 Å². The van der Waals surface area contributed by atoms with Crippen molar-refractivity contribution in [2.24, 2.45) is 0 Å². The highest BCUT2D eigenvalue weighted by Gasteiger charge is 2.08. The maximum atomic E-state index is 11.9. The molecule has 0 unspecified atom stereocenters. The fraction of sp³-hybridized carbons (Fsp3) is 0.143. The van der Waals surface area contributed by atoms with Crippen LogP contribution in [0.2, 0.25) is 10.0 Å². The van der Waals surface area contributed by atoms with E-state index in [1.54, 1.807) is 30.3 Å². The van der Waals surface area contributed by atoms with E-state index < -0.39 is 0 Å². The van der Waals surface area contributed by atoms with Gasteiger partial charge in [0.25, 0.3) is 5.91 Å². The van der Waals surface area contributed by atoms with Gasteiger partial charge in [-0.1, -0.05) is 29.3 Å². The molecule has 2 aromatic rings. The van der Waals surface area contributed by atoms with Crippen molar-refractivity contribution in [3.8, 4) is 5.88 Å². The third-order valence-corrected chi connectivity index (χ3v) is 3.25. The quantitative estimate of drug-likeness (QED) is 0.942. The number of nitrogens with one attached hydrogen (secondary N) is 1. The summed E-state index contributed by atoms with van der Waals surface area (Å²) >= 11 is 11.8. The Bertz CT molecular complexity index is 615. The molecule has 1 amide bonds. The summed E-state index contributed by atoms with van der Waals surface area (Å²) in [5, 5.41) is 3.84. The number of methoxy groups -OCH3 is 1. The molecule has 1 aromatic heterocycles. The molecule has 1 heterocycles. The number of carbonyl (C=O) groups excluding carboxylic acids is 1. The Balaban J connectivity index is 2.00. The van der Waals surface area contributed by atoms with Gasteiger partial charge in [-0.2, -0.15) is 0 Å². The van der Waals surface area contributed by atoms with Crippen LogP contribution in [-0.2, 0) is 6.54 Å². The summed E-state index contributed by atoms with van der Waals surface area (Å²) in [5.41, 5.74) is 1.25. The van der Waals surface area contributed by atoms with Crippen LogP contribution in [-0.4, -0.2) is 18.0 Å². The summed E-state index contributed by atoms with van der Waals surface area (Å²) < 4.78 is 4.93. The standard InChI is InChI=1S/C14H12Cl2N2O2/c1-20-13-5-3-10(8-17-13)14(19)18-7-9-2-4-11(15)6-12(9)16/h2-6,8H,7H2,1H3,(H,18,19). The first-order chi connectivity index (χ1) is 9.60. The van der Waals surface area contributed by atoms with Crippen LogP contribution in [0.4, 0.5) is 0 Å². The van der Waals surface area contributed by atoms with Crippen molar-refractivity contribution in [1.29, 1.82) is 0 Å². The topological polar surface area (TPSA) is 51.2 Å². The van der Waals surface area contributed by atoms with Crippen molar-refractivity contribution < 1.29 is 9.53 Å². The number of hydrogen-bond acceptors (Lipinski definition) is 3. The monoisotopic (exact) mass is 310 g/mol. The maximum absolute atomic E-state index is 11.9. The zero-order valence-electron chi connectivity index (χ0n) is 10.7. The van der Waals surface area contributed by atoms with Gasteiger partial charge in [-0.25, -0.2) is 4.98 Å². The lowest BCUT2D eigenvalue weighted by molar-refractivity contribution is 0.0950. The fourth-order valence-corrected chi connectivity index (χ4v) is 2.05. The van der Waals surface area contributed by atoms with Gasteiger partial charge in [0.15, 0.2) is 0 Å². The van der Waals surface area contributed by atoms with Crippen LogP contribution in [0.15, 0.2) is 36.5 Å². The first-order valence-electron chi connectivity index (χ1n) is 5.82. The molecule has 2 rings (SSSR count). The normalized spacial score (nSPS) is 10.2. The molecule has 0 fully saturated rings. The fourth-order valence-electron chi connectivity index (χ4n) is 1.58. The Morgan fingerprint density at radius 1 is 1.30 bits per heavy atom. The lowest BCUT2D eigenvalue weighted by atomic mass is 10.2. The molecular weight excluding hydrogens is 299 g/mol. The Hall–Kier alpha value is -1.78. The van der Waals surface area contributed by atoms with E-state index in [9.17, 15) is 4.79 Å². The minimum Gasteiger partial charge on any atom is -0.481 e. The van der Waals surface area contributed by atoms with E-state index in [1.807, 2.05) is 0 Å². The molecule has 6 heteroatoms. The molecule has 0 aliphatic carbocycles. The number of carbonyl (C=O) groups is 1. The van der Waals surface area contributed by atoms with Crippen LogP contribution in [0, 0.1) is 0 Å². The first kappa shape index (κ1) is 14.6. The van der Waals surface area contributed by atoms with Crippen LogP contribution in [0.3, 0.4) is 0 Å². The zero-order valence-corrected chi connectivity index (χ0v) is 12.2. The predicted molar refractivity (Wildman–Crippen MR) is 78.4 cm³/mol. The summed E-state index contributed by atoms with van der Waals surface area (Å²) in [6.45, 7) is 0.320. The Morgan fingerprint density at radius 2 is 2.10 bits per heavy atom. The number of rotatable bonds is 4. The smallest absolute Gasteiger partial charge is 0.253 e. The second-order valence-corrected chi connectivity index (χ2v) is 4.85. The van der Waals surface area contributed by atoms with E-state index in [2.05, 4.69) is 10.3 Å². The minimum atomic E-state index is -0.230. The summed E-state index contributed by atoms with van der Waals surface area (Å²) in [5.74, 6) is 0.230. The highest BCUT2D eigenvalue weighted by Crippen LogP contribution is 2.20. The van der Waals surface area contributed by atoms with Gasteiger partial charge in [0.1, 0.15) is 0 Å². The van der Waals surface area contributed by atoms with Crippen LogP contribution < -0.4 is 10.1 Å². The van der Waals surface area contributed by atoms with Gasteiger partial charge in [0.2, 0.25) is 5.88 Å². The number of hydrogen-bond donors (Lipinski definition) is 1. The van der Waals surface area contributed by atoms with E-state index >= 15 is 0 Å². The Morgan fingerprint density at radius 3 is 2.70 bits per heavy atom. The largest absolute Gasteiger partial charge is 0.481 e. The Kier molecular flexibility index (Phi) is 4.82. The molecule has 1 N–H and O–H groups in total. The van der Waals surface area contributed by atoms with Crippen LogP contribution in [0.25, 0.3) is 0 Å². The van der Waals surface area contributed by atoms with E-state index in [0.717, 1.165) is 5.56 Å². The van der Waals surface area contributed by atoms with Gasteiger partial charge in [0, 0.05) is 28.9 Å². The number of pyridine rings is 1. The molecule has 1 aromatic carbocycles. The van der Waals surface area contributed by atoms with Crippen molar-refractivity contribution in [3.63, 3.8) is 0 Å². The number of aromatic nitrogens is 1. The molecule has 0 atom stereocenters. The van der Waals surface area contributed by atoms with Gasteiger partial charge in [0.05, 0.1) is 12.7 Å². The average molecular weight is 311 g/mol. The lowest BCUT2D eigenvalue weighted by Crippen LogP contribution is -2.23. The molecule has 0 bridgehead atoms. The molecule has 0 aliphatic heterocycles. The molecular formula is C14H12Cl2N2O2. The van der Waals surface area contributed by atoms with Crippen molar-refractivity contribution in [2.75, 3.05) is 7.11 Å². The molecule has 104 valence electrons. The third kappa shape index (κ3) is 3.62. The Labute approximate surface area is 126 Å². The lowest BCUT2D eigenvalue weighted by Gasteiger charge is -2.07. The molecule has 20 heavy (non-hydrogen) atoms. The maximum Gasteiger partial charge on any atom is 0.253 e. The van der Waals surface area contributed by atoms with Crippen molar-refractivity contribution in [2.45, 2.75) is 6.54 Å². The SMILES string of the molecule is COc1ccc(C(=O)NCc2ccc(Cl)cc2Cl)cn1. The van der Waals surface area contributed by atoms with Crippen molar-refractivity contribution >= 4 is 29.1 Å². The molecule has 4 nitrogen and oxygen atoms in total. The van der Waals surface area contributed by atoms with E-state index in [0.29, 0.717) is 28.0 Å². The summed E-state index contributed by atoms with van der Waals surface area (Å²) in [7, 11) is 1.52. The second kappa shape index (κ2) is 6.59. The highest BCUT2D eigenvalue weighted by atomic mass is 35.5.